The first-order valence-electron chi connectivity index (χ1n) is 5.91. The SMILES string of the molecule is CCOCCNCCOc1ccc(Br)cc1C. The van der Waals surface area contributed by atoms with Crippen LogP contribution in [0.4, 0.5) is 0 Å². The van der Waals surface area contributed by atoms with E-state index >= 15 is 0 Å². The number of benzene rings is 1. The molecule has 0 aliphatic rings. The van der Waals surface area contributed by atoms with Crippen LogP contribution in [0.3, 0.4) is 0 Å². The third-order valence-electron chi connectivity index (χ3n) is 2.30. The standard InChI is InChI=1S/C13H20BrNO2/c1-3-16-8-6-15-7-9-17-13-5-4-12(14)10-11(13)2/h4-5,10,15H,3,6-9H2,1-2H3. The number of hydrogen-bond donors (Lipinski definition) is 1. The predicted molar refractivity (Wildman–Crippen MR) is 73.7 cm³/mol. The molecule has 1 N–H and O–H groups in total. The van der Waals surface area contributed by atoms with E-state index in [-0.39, 0.29) is 0 Å². The molecule has 1 aromatic carbocycles. The van der Waals surface area contributed by atoms with Gasteiger partial charge in [-0.25, -0.2) is 0 Å². The van der Waals surface area contributed by atoms with E-state index in [1.54, 1.807) is 0 Å². The third-order valence-corrected chi connectivity index (χ3v) is 2.79. The lowest BCUT2D eigenvalue weighted by molar-refractivity contribution is 0.148. The topological polar surface area (TPSA) is 30.5 Å². The van der Waals surface area contributed by atoms with Gasteiger partial charge in [0.2, 0.25) is 0 Å². The van der Waals surface area contributed by atoms with Crippen molar-refractivity contribution in [2.45, 2.75) is 13.8 Å². The molecule has 0 saturated carbocycles. The van der Waals surface area contributed by atoms with Crippen molar-refractivity contribution in [2.75, 3.05) is 32.9 Å². The Balaban J connectivity index is 2.14. The van der Waals surface area contributed by atoms with Crippen LogP contribution in [0, 0.1) is 6.92 Å². The molecule has 0 aromatic heterocycles. The summed E-state index contributed by atoms with van der Waals surface area (Å²) in [5.74, 6) is 0.944. The lowest BCUT2D eigenvalue weighted by atomic mass is 10.2. The molecule has 0 radical (unpaired) electrons. The second-order valence-corrected chi connectivity index (χ2v) is 4.62. The summed E-state index contributed by atoms with van der Waals surface area (Å²) in [5.41, 5.74) is 1.15. The summed E-state index contributed by atoms with van der Waals surface area (Å²) < 4.78 is 12.0. The molecule has 1 aromatic rings. The molecule has 0 spiro atoms. The smallest absolute Gasteiger partial charge is 0.122 e. The molecule has 0 aliphatic carbocycles. The molecule has 0 unspecified atom stereocenters. The second kappa shape index (κ2) is 8.50. The summed E-state index contributed by atoms with van der Waals surface area (Å²) in [6.45, 7) is 7.96. The van der Waals surface area contributed by atoms with Crippen molar-refractivity contribution < 1.29 is 9.47 Å². The minimum absolute atomic E-state index is 0.675. The largest absolute Gasteiger partial charge is 0.492 e. The molecule has 1 rings (SSSR count). The van der Waals surface area contributed by atoms with Crippen LogP contribution in [0.15, 0.2) is 22.7 Å². The fraction of sp³-hybridized carbons (Fsp3) is 0.538. The van der Waals surface area contributed by atoms with Crippen LogP contribution in [-0.2, 0) is 4.74 Å². The molecule has 17 heavy (non-hydrogen) atoms. The fourth-order valence-corrected chi connectivity index (χ4v) is 1.90. The van der Waals surface area contributed by atoms with Crippen LogP contribution < -0.4 is 10.1 Å². The summed E-state index contributed by atoms with van der Waals surface area (Å²) >= 11 is 3.43. The Hall–Kier alpha value is -0.580. The van der Waals surface area contributed by atoms with Gasteiger partial charge in [-0.1, -0.05) is 15.9 Å². The van der Waals surface area contributed by atoms with Gasteiger partial charge in [0, 0.05) is 24.2 Å². The van der Waals surface area contributed by atoms with Crippen LogP contribution >= 0.6 is 15.9 Å². The zero-order valence-corrected chi connectivity index (χ0v) is 12.0. The molecular weight excluding hydrogens is 282 g/mol. The van der Waals surface area contributed by atoms with Crippen molar-refractivity contribution in [1.29, 1.82) is 0 Å². The summed E-state index contributed by atoms with van der Waals surface area (Å²) in [5, 5.41) is 3.26. The molecule has 0 heterocycles. The van der Waals surface area contributed by atoms with Crippen LogP contribution in [0.2, 0.25) is 0 Å². The van der Waals surface area contributed by atoms with Gasteiger partial charge < -0.3 is 14.8 Å². The van der Waals surface area contributed by atoms with E-state index in [4.69, 9.17) is 9.47 Å². The molecule has 0 saturated heterocycles. The Labute approximate surface area is 112 Å². The summed E-state index contributed by atoms with van der Waals surface area (Å²) in [7, 11) is 0. The van der Waals surface area contributed by atoms with Gasteiger partial charge in [-0.3, -0.25) is 0 Å². The fourth-order valence-electron chi connectivity index (χ4n) is 1.42. The number of halogens is 1. The summed E-state index contributed by atoms with van der Waals surface area (Å²) in [6, 6.07) is 6.03. The minimum Gasteiger partial charge on any atom is -0.492 e. The van der Waals surface area contributed by atoms with Crippen LogP contribution in [0.5, 0.6) is 5.75 Å². The predicted octanol–water partition coefficient (Wildman–Crippen LogP) is 2.76. The van der Waals surface area contributed by atoms with Gasteiger partial charge in [-0.05, 0) is 37.6 Å². The average Bonchev–Trinajstić information content (AvgIpc) is 2.30. The van der Waals surface area contributed by atoms with Gasteiger partial charge in [0.25, 0.3) is 0 Å². The number of aryl methyl sites for hydroxylation is 1. The highest BCUT2D eigenvalue weighted by atomic mass is 79.9. The minimum atomic E-state index is 0.675. The second-order valence-electron chi connectivity index (χ2n) is 3.71. The van der Waals surface area contributed by atoms with E-state index in [1.807, 2.05) is 26.0 Å². The number of rotatable bonds is 8. The third kappa shape index (κ3) is 6.05. The van der Waals surface area contributed by atoms with E-state index in [0.717, 1.165) is 42.1 Å². The lowest BCUT2D eigenvalue weighted by Gasteiger charge is -2.10. The Bertz CT molecular complexity index is 331. The van der Waals surface area contributed by atoms with Crippen molar-refractivity contribution >= 4 is 15.9 Å². The number of ether oxygens (including phenoxy) is 2. The molecule has 0 aliphatic heterocycles. The zero-order chi connectivity index (χ0) is 12.5. The number of hydrogen-bond acceptors (Lipinski definition) is 3. The van der Waals surface area contributed by atoms with Crippen molar-refractivity contribution in [3.63, 3.8) is 0 Å². The first-order valence-corrected chi connectivity index (χ1v) is 6.70. The van der Waals surface area contributed by atoms with Gasteiger partial charge in [0.15, 0.2) is 0 Å². The van der Waals surface area contributed by atoms with E-state index in [1.165, 1.54) is 0 Å². The van der Waals surface area contributed by atoms with E-state index < -0.39 is 0 Å². The molecule has 0 fully saturated rings. The van der Waals surface area contributed by atoms with Crippen LogP contribution in [-0.4, -0.2) is 32.9 Å². The zero-order valence-electron chi connectivity index (χ0n) is 10.5. The van der Waals surface area contributed by atoms with E-state index in [0.29, 0.717) is 6.61 Å². The van der Waals surface area contributed by atoms with Crippen molar-refractivity contribution in [2.24, 2.45) is 0 Å². The van der Waals surface area contributed by atoms with Crippen LogP contribution in [0.25, 0.3) is 0 Å². The average molecular weight is 302 g/mol. The molecule has 4 heteroatoms. The first kappa shape index (κ1) is 14.5. The molecule has 0 atom stereocenters. The normalized spacial score (nSPS) is 10.5. The maximum absolute atomic E-state index is 5.67. The maximum atomic E-state index is 5.67. The molecular formula is C13H20BrNO2. The van der Waals surface area contributed by atoms with Gasteiger partial charge in [0.1, 0.15) is 12.4 Å². The Morgan fingerprint density at radius 2 is 2.00 bits per heavy atom. The van der Waals surface area contributed by atoms with E-state index in [2.05, 4.69) is 27.3 Å². The Kier molecular flexibility index (Phi) is 7.24. The van der Waals surface area contributed by atoms with Crippen molar-refractivity contribution in [3.05, 3.63) is 28.2 Å². The van der Waals surface area contributed by atoms with E-state index in [9.17, 15) is 0 Å². The monoisotopic (exact) mass is 301 g/mol. The maximum Gasteiger partial charge on any atom is 0.122 e. The molecule has 96 valence electrons. The summed E-state index contributed by atoms with van der Waals surface area (Å²) in [6.07, 6.45) is 0. The molecule has 3 nitrogen and oxygen atoms in total. The van der Waals surface area contributed by atoms with Gasteiger partial charge >= 0.3 is 0 Å². The van der Waals surface area contributed by atoms with Gasteiger partial charge in [-0.2, -0.15) is 0 Å². The molecule has 0 amide bonds. The highest BCUT2D eigenvalue weighted by molar-refractivity contribution is 9.10. The lowest BCUT2D eigenvalue weighted by Crippen LogP contribution is -2.25. The van der Waals surface area contributed by atoms with Crippen LogP contribution in [0.1, 0.15) is 12.5 Å². The Morgan fingerprint density at radius 3 is 2.71 bits per heavy atom. The van der Waals surface area contributed by atoms with Gasteiger partial charge in [0.05, 0.1) is 6.61 Å². The van der Waals surface area contributed by atoms with Crippen molar-refractivity contribution in [3.8, 4) is 5.75 Å². The number of nitrogens with one attached hydrogen (secondary N) is 1. The highest BCUT2D eigenvalue weighted by Crippen LogP contribution is 2.21. The summed E-state index contributed by atoms with van der Waals surface area (Å²) in [4.78, 5) is 0. The molecule has 0 bridgehead atoms. The van der Waals surface area contributed by atoms with Crippen molar-refractivity contribution in [1.82, 2.24) is 5.32 Å². The van der Waals surface area contributed by atoms with Gasteiger partial charge in [-0.15, -0.1) is 0 Å². The first-order chi connectivity index (χ1) is 8.24. The highest BCUT2D eigenvalue weighted by Gasteiger charge is 1.99. The Morgan fingerprint density at radius 1 is 1.24 bits per heavy atom. The quantitative estimate of drug-likeness (QED) is 0.749.